The number of hydrogen-bond donors (Lipinski definition) is 2. The first kappa shape index (κ1) is 19.8. The number of nitrogens with one attached hydrogen (secondary N) is 2. The summed E-state index contributed by atoms with van der Waals surface area (Å²) in [6.45, 7) is 6.33. The van der Waals surface area contributed by atoms with Crippen molar-refractivity contribution in [1.82, 2.24) is 25.4 Å². The number of carbonyl (C=O) groups excluding carboxylic acids is 2. The van der Waals surface area contributed by atoms with E-state index in [-0.39, 0.29) is 29.9 Å². The molecule has 0 saturated carbocycles. The van der Waals surface area contributed by atoms with Crippen molar-refractivity contribution in [3.8, 4) is 0 Å². The van der Waals surface area contributed by atoms with Crippen molar-refractivity contribution in [2.45, 2.75) is 63.8 Å². The number of fused-ring (bicyclic) bond motifs is 1. The number of hydrogen-bond acceptors (Lipinski definition) is 5. The highest BCUT2D eigenvalue weighted by Gasteiger charge is 2.45. The van der Waals surface area contributed by atoms with Gasteiger partial charge in [-0.05, 0) is 45.4 Å². The van der Waals surface area contributed by atoms with Crippen LogP contribution in [0.2, 0.25) is 0 Å². The molecule has 1 aromatic rings. The molecule has 3 atom stereocenters. The molecule has 0 aromatic carbocycles. The van der Waals surface area contributed by atoms with E-state index in [1.165, 1.54) is 0 Å². The topological polar surface area (TPSA) is 77.6 Å². The Balaban J connectivity index is 1.53. The van der Waals surface area contributed by atoms with Crippen molar-refractivity contribution in [2.24, 2.45) is 0 Å². The van der Waals surface area contributed by atoms with Gasteiger partial charge in [0.2, 0.25) is 11.8 Å². The minimum atomic E-state index is -0.0839. The lowest BCUT2D eigenvalue weighted by Gasteiger charge is -2.34. The van der Waals surface area contributed by atoms with Gasteiger partial charge in [0.1, 0.15) is 6.04 Å². The summed E-state index contributed by atoms with van der Waals surface area (Å²) in [5.74, 6) is 0.163. The summed E-state index contributed by atoms with van der Waals surface area (Å²) in [7, 11) is 2.10. The van der Waals surface area contributed by atoms with Gasteiger partial charge in [-0.15, -0.1) is 0 Å². The maximum atomic E-state index is 12.6. The molecule has 0 radical (unpaired) electrons. The fourth-order valence-corrected chi connectivity index (χ4v) is 4.26. The van der Waals surface area contributed by atoms with Gasteiger partial charge in [-0.25, -0.2) is 0 Å². The molecular weight excluding hydrogens is 342 g/mol. The van der Waals surface area contributed by atoms with Crippen LogP contribution >= 0.6 is 0 Å². The zero-order chi connectivity index (χ0) is 19.4. The standard InChI is InChI=1S/C20H31N5O2/c1-14(2)25-10-8-17-19(25)20(27)23-13-16(24(17)3)6-7-18(26)22-12-15-5-4-9-21-11-15/h4-5,9,11,14,16-17,19H,6-8,10,12-13H2,1-3H3,(H,22,26)(H,23,27)/t16-,17-,19-/m0/s1. The summed E-state index contributed by atoms with van der Waals surface area (Å²) in [5.41, 5.74) is 0.993. The number of pyridine rings is 1. The van der Waals surface area contributed by atoms with E-state index in [1.807, 2.05) is 12.1 Å². The molecule has 3 heterocycles. The Morgan fingerprint density at radius 2 is 2.26 bits per heavy atom. The first-order chi connectivity index (χ1) is 13.0. The summed E-state index contributed by atoms with van der Waals surface area (Å²) in [6.07, 6.45) is 5.67. The molecule has 1 aromatic heterocycles. The molecule has 2 saturated heterocycles. The van der Waals surface area contributed by atoms with Gasteiger partial charge in [-0.3, -0.25) is 24.4 Å². The number of rotatable bonds is 6. The summed E-state index contributed by atoms with van der Waals surface area (Å²) >= 11 is 0. The SMILES string of the molecule is CC(C)N1CC[C@H]2[C@H]1C(=O)NC[C@H](CCC(=O)NCc1cccnc1)N2C. The fourth-order valence-electron chi connectivity index (χ4n) is 4.26. The van der Waals surface area contributed by atoms with Crippen LogP contribution in [0.15, 0.2) is 24.5 Å². The molecule has 0 bridgehead atoms. The minimum Gasteiger partial charge on any atom is -0.353 e. The largest absolute Gasteiger partial charge is 0.353 e. The predicted molar refractivity (Wildman–Crippen MR) is 104 cm³/mol. The second-order valence-corrected chi connectivity index (χ2v) is 7.87. The molecule has 2 fully saturated rings. The number of likely N-dealkylation sites (N-methyl/N-ethyl adjacent to an activating group) is 1. The van der Waals surface area contributed by atoms with Gasteiger partial charge in [0.05, 0.1) is 0 Å². The van der Waals surface area contributed by atoms with Crippen LogP contribution in [0.5, 0.6) is 0 Å². The van der Waals surface area contributed by atoms with Crippen molar-refractivity contribution in [1.29, 1.82) is 0 Å². The third kappa shape index (κ3) is 4.65. The Morgan fingerprint density at radius 3 is 2.96 bits per heavy atom. The van der Waals surface area contributed by atoms with Gasteiger partial charge in [-0.1, -0.05) is 6.07 Å². The van der Waals surface area contributed by atoms with Crippen LogP contribution < -0.4 is 10.6 Å². The van der Waals surface area contributed by atoms with Crippen molar-refractivity contribution in [2.75, 3.05) is 20.1 Å². The Morgan fingerprint density at radius 1 is 1.44 bits per heavy atom. The van der Waals surface area contributed by atoms with E-state index in [0.717, 1.165) is 24.9 Å². The Bertz CT molecular complexity index is 651. The second kappa shape index (κ2) is 8.80. The van der Waals surface area contributed by atoms with Crippen LogP contribution in [0.4, 0.5) is 0 Å². The monoisotopic (exact) mass is 373 g/mol. The van der Waals surface area contributed by atoms with E-state index >= 15 is 0 Å². The van der Waals surface area contributed by atoms with E-state index in [0.29, 0.717) is 25.6 Å². The Labute approximate surface area is 161 Å². The molecule has 0 spiro atoms. The molecule has 2 aliphatic heterocycles. The Kier molecular flexibility index (Phi) is 6.44. The number of amides is 2. The van der Waals surface area contributed by atoms with Crippen LogP contribution in [-0.4, -0.2) is 70.9 Å². The third-order valence-corrected chi connectivity index (χ3v) is 5.86. The van der Waals surface area contributed by atoms with E-state index in [4.69, 9.17) is 0 Å². The highest BCUT2D eigenvalue weighted by atomic mass is 16.2. The van der Waals surface area contributed by atoms with E-state index in [9.17, 15) is 9.59 Å². The van der Waals surface area contributed by atoms with Gasteiger partial charge < -0.3 is 10.6 Å². The molecule has 7 nitrogen and oxygen atoms in total. The van der Waals surface area contributed by atoms with Crippen LogP contribution in [0.1, 0.15) is 38.7 Å². The van der Waals surface area contributed by atoms with Gasteiger partial charge in [0, 0.05) is 56.6 Å². The molecule has 2 N–H and O–H groups in total. The molecule has 0 aliphatic carbocycles. The smallest absolute Gasteiger partial charge is 0.239 e. The van der Waals surface area contributed by atoms with Crippen LogP contribution in [0, 0.1) is 0 Å². The summed E-state index contributed by atoms with van der Waals surface area (Å²) < 4.78 is 0. The van der Waals surface area contributed by atoms with Gasteiger partial charge in [-0.2, -0.15) is 0 Å². The number of carbonyl (C=O) groups is 2. The summed E-state index contributed by atoms with van der Waals surface area (Å²) in [4.78, 5) is 33.5. The molecule has 0 unspecified atom stereocenters. The van der Waals surface area contributed by atoms with Crippen molar-refractivity contribution in [3.05, 3.63) is 30.1 Å². The third-order valence-electron chi connectivity index (χ3n) is 5.86. The van der Waals surface area contributed by atoms with E-state index in [2.05, 4.69) is 46.3 Å². The quantitative estimate of drug-likeness (QED) is 0.770. The van der Waals surface area contributed by atoms with E-state index < -0.39 is 0 Å². The second-order valence-electron chi connectivity index (χ2n) is 7.87. The van der Waals surface area contributed by atoms with Crippen LogP contribution in [-0.2, 0) is 16.1 Å². The molecule has 2 amide bonds. The molecule has 27 heavy (non-hydrogen) atoms. The summed E-state index contributed by atoms with van der Waals surface area (Å²) in [5, 5.41) is 6.05. The van der Waals surface area contributed by atoms with Gasteiger partial charge >= 0.3 is 0 Å². The highest BCUT2D eigenvalue weighted by molar-refractivity contribution is 5.83. The highest BCUT2D eigenvalue weighted by Crippen LogP contribution is 2.28. The van der Waals surface area contributed by atoms with Crippen molar-refractivity contribution < 1.29 is 9.59 Å². The van der Waals surface area contributed by atoms with Crippen LogP contribution in [0.25, 0.3) is 0 Å². The maximum Gasteiger partial charge on any atom is 0.239 e. The Hall–Kier alpha value is -1.99. The fraction of sp³-hybridized carbons (Fsp3) is 0.650. The van der Waals surface area contributed by atoms with E-state index in [1.54, 1.807) is 12.4 Å². The lowest BCUT2D eigenvalue weighted by molar-refractivity contribution is -0.126. The lowest BCUT2D eigenvalue weighted by atomic mass is 10.0. The number of nitrogens with zero attached hydrogens (tertiary/aromatic N) is 3. The first-order valence-corrected chi connectivity index (χ1v) is 9.88. The minimum absolute atomic E-state index is 0.0367. The molecule has 148 valence electrons. The average Bonchev–Trinajstić information content (AvgIpc) is 3.07. The van der Waals surface area contributed by atoms with Gasteiger partial charge in [0.15, 0.2) is 0 Å². The predicted octanol–water partition coefficient (Wildman–Crippen LogP) is 0.760. The zero-order valence-electron chi connectivity index (χ0n) is 16.5. The maximum absolute atomic E-state index is 12.6. The van der Waals surface area contributed by atoms with Crippen molar-refractivity contribution >= 4 is 11.8 Å². The molecule has 7 heteroatoms. The summed E-state index contributed by atoms with van der Waals surface area (Å²) in [6, 6.07) is 4.48. The first-order valence-electron chi connectivity index (χ1n) is 9.88. The molecule has 2 aliphatic rings. The van der Waals surface area contributed by atoms with Crippen molar-refractivity contribution in [3.63, 3.8) is 0 Å². The van der Waals surface area contributed by atoms with Crippen LogP contribution in [0.3, 0.4) is 0 Å². The lowest BCUT2D eigenvalue weighted by Crippen LogP contribution is -2.51. The van der Waals surface area contributed by atoms with Gasteiger partial charge in [0.25, 0.3) is 0 Å². The number of aromatic nitrogens is 1. The normalized spacial score (nSPS) is 26.5. The number of likely N-dealkylation sites (tertiary alicyclic amines) is 1. The molecule has 3 rings (SSSR count). The zero-order valence-corrected chi connectivity index (χ0v) is 16.5. The molecular formula is C20H31N5O2. The average molecular weight is 374 g/mol.